The largest absolute Gasteiger partial charge is 0.457 e. The van der Waals surface area contributed by atoms with E-state index in [0.717, 1.165) is 13.0 Å². The van der Waals surface area contributed by atoms with E-state index in [0.29, 0.717) is 98.1 Å². The third-order valence-electron chi connectivity index (χ3n) is 6.43. The van der Waals surface area contributed by atoms with E-state index in [2.05, 4.69) is 6.92 Å². The van der Waals surface area contributed by atoms with Crippen molar-refractivity contribution in [3.63, 3.8) is 0 Å². The average Bonchev–Trinajstić information content (AvgIpc) is 3.06. The van der Waals surface area contributed by atoms with Crippen molar-refractivity contribution in [2.75, 3.05) is 112 Å². The summed E-state index contributed by atoms with van der Waals surface area (Å²) in [7, 11) is 0. The molecule has 0 amide bonds. The van der Waals surface area contributed by atoms with Crippen LogP contribution in [0.25, 0.3) is 0 Å². The summed E-state index contributed by atoms with van der Waals surface area (Å²) in [6.45, 7) is 10.2. The summed E-state index contributed by atoms with van der Waals surface area (Å²) >= 11 is 0. The van der Waals surface area contributed by atoms with Crippen LogP contribution < -0.4 is 0 Å². The van der Waals surface area contributed by atoms with Gasteiger partial charge >= 0.3 is 5.97 Å². The average molecular weight is 643 g/mol. The van der Waals surface area contributed by atoms with Crippen molar-refractivity contribution in [3.05, 3.63) is 35.9 Å². The van der Waals surface area contributed by atoms with Gasteiger partial charge in [-0.05, 0) is 6.42 Å². The van der Waals surface area contributed by atoms with Crippen LogP contribution in [0, 0.1) is 0 Å². The van der Waals surface area contributed by atoms with Crippen molar-refractivity contribution in [2.24, 2.45) is 0 Å². The van der Waals surface area contributed by atoms with Crippen molar-refractivity contribution in [1.82, 2.24) is 0 Å². The van der Waals surface area contributed by atoms with Crippen LogP contribution in [-0.2, 0) is 47.4 Å². The topological polar surface area (TPSA) is 117 Å². The monoisotopic (exact) mass is 642 g/mol. The highest BCUT2D eigenvalue weighted by atomic mass is 16.6. The van der Waals surface area contributed by atoms with Gasteiger partial charge in [0.05, 0.1) is 99.1 Å². The highest BCUT2D eigenvalue weighted by molar-refractivity contribution is 6.40. The maximum absolute atomic E-state index is 11.9. The molecule has 1 aromatic carbocycles. The van der Waals surface area contributed by atoms with Gasteiger partial charge in [0, 0.05) is 12.2 Å². The highest BCUT2D eigenvalue weighted by Gasteiger charge is 2.17. The first kappa shape index (κ1) is 41.1. The Morgan fingerprint density at radius 2 is 0.756 bits per heavy atom. The molecule has 0 aliphatic heterocycles. The zero-order valence-electron chi connectivity index (χ0n) is 27.6. The fourth-order valence-corrected chi connectivity index (χ4v) is 3.95. The maximum atomic E-state index is 11.9. The van der Waals surface area contributed by atoms with Crippen LogP contribution >= 0.6 is 0 Å². The number of carbonyl (C=O) groups is 2. The van der Waals surface area contributed by atoms with Gasteiger partial charge in [-0.3, -0.25) is 4.79 Å². The lowest BCUT2D eigenvalue weighted by atomic mass is 10.1. The molecular formula is C34H58O11. The fourth-order valence-electron chi connectivity index (χ4n) is 3.95. The van der Waals surface area contributed by atoms with Crippen molar-refractivity contribution in [1.29, 1.82) is 0 Å². The first-order valence-corrected chi connectivity index (χ1v) is 16.6. The zero-order chi connectivity index (χ0) is 32.3. The lowest BCUT2D eigenvalue weighted by molar-refractivity contribution is -0.139. The molecule has 0 unspecified atom stereocenters. The molecule has 0 bridgehead atoms. The predicted molar refractivity (Wildman–Crippen MR) is 171 cm³/mol. The summed E-state index contributed by atoms with van der Waals surface area (Å²) < 4.78 is 48.7. The molecule has 0 aliphatic rings. The van der Waals surface area contributed by atoms with E-state index in [9.17, 15) is 9.59 Å². The molecular weight excluding hydrogens is 584 g/mol. The van der Waals surface area contributed by atoms with E-state index in [-0.39, 0.29) is 13.2 Å². The van der Waals surface area contributed by atoms with Crippen molar-refractivity contribution < 1.29 is 52.2 Å². The van der Waals surface area contributed by atoms with Crippen molar-refractivity contribution in [3.8, 4) is 0 Å². The number of ketones is 1. The number of hydrogen-bond acceptors (Lipinski definition) is 11. The molecule has 0 heterocycles. The quantitative estimate of drug-likeness (QED) is 0.0444. The van der Waals surface area contributed by atoms with E-state index in [1.807, 2.05) is 0 Å². The van der Waals surface area contributed by atoms with Crippen LogP contribution in [0.1, 0.15) is 68.6 Å². The summed E-state index contributed by atoms with van der Waals surface area (Å²) in [5.41, 5.74) is 0.301. The molecule has 11 nitrogen and oxygen atoms in total. The molecule has 0 saturated heterocycles. The number of unbranched alkanes of at least 4 members (excludes halogenated alkanes) is 7. The summed E-state index contributed by atoms with van der Waals surface area (Å²) in [6, 6.07) is 8.28. The Hall–Kier alpha value is -1.96. The lowest BCUT2D eigenvalue weighted by Crippen LogP contribution is -2.20. The summed E-state index contributed by atoms with van der Waals surface area (Å²) in [5, 5.41) is 0. The molecule has 0 fully saturated rings. The minimum absolute atomic E-state index is 0.00479. The minimum atomic E-state index is -0.891. The molecule has 11 heteroatoms. The van der Waals surface area contributed by atoms with Crippen LogP contribution in [-0.4, -0.2) is 124 Å². The third-order valence-corrected chi connectivity index (χ3v) is 6.43. The molecule has 0 spiro atoms. The van der Waals surface area contributed by atoms with Crippen LogP contribution in [0.4, 0.5) is 0 Å². The molecule has 1 aromatic rings. The number of benzene rings is 1. The Morgan fingerprint density at radius 1 is 0.422 bits per heavy atom. The highest BCUT2D eigenvalue weighted by Crippen LogP contribution is 2.08. The zero-order valence-corrected chi connectivity index (χ0v) is 27.6. The summed E-state index contributed by atoms with van der Waals surface area (Å²) in [6.07, 6.45) is 10.5. The molecule has 0 N–H and O–H groups in total. The Bertz CT molecular complexity index is 779. The minimum Gasteiger partial charge on any atom is -0.457 e. The number of carbonyl (C=O) groups excluding carboxylic acids is 2. The molecule has 0 saturated carbocycles. The van der Waals surface area contributed by atoms with Crippen LogP contribution in [0.5, 0.6) is 0 Å². The number of hydrogen-bond donors (Lipinski definition) is 0. The second kappa shape index (κ2) is 33.4. The Balaban J connectivity index is 1.67. The number of ether oxygens (including phenoxy) is 9. The molecule has 0 atom stereocenters. The van der Waals surface area contributed by atoms with E-state index in [1.165, 1.54) is 44.9 Å². The van der Waals surface area contributed by atoms with Gasteiger partial charge in [-0.1, -0.05) is 82.2 Å². The van der Waals surface area contributed by atoms with Crippen LogP contribution in [0.3, 0.4) is 0 Å². The number of esters is 1. The van der Waals surface area contributed by atoms with E-state index in [1.54, 1.807) is 30.3 Å². The van der Waals surface area contributed by atoms with Crippen molar-refractivity contribution in [2.45, 2.75) is 58.3 Å². The second-order valence-electron chi connectivity index (χ2n) is 10.2. The lowest BCUT2D eigenvalue weighted by Gasteiger charge is -2.09. The Kier molecular flexibility index (Phi) is 30.5. The molecule has 0 aliphatic carbocycles. The first-order valence-electron chi connectivity index (χ1n) is 16.6. The van der Waals surface area contributed by atoms with E-state index in [4.69, 9.17) is 42.6 Å². The molecule has 0 radical (unpaired) electrons. The van der Waals surface area contributed by atoms with Crippen LogP contribution in [0.15, 0.2) is 30.3 Å². The number of rotatable bonds is 35. The van der Waals surface area contributed by atoms with Gasteiger partial charge in [-0.25, -0.2) is 4.79 Å². The molecule has 45 heavy (non-hydrogen) atoms. The number of Topliss-reactive ketones (excluding diaryl/α,β-unsaturated/α-hetero) is 1. The van der Waals surface area contributed by atoms with E-state index >= 15 is 0 Å². The summed E-state index contributed by atoms with van der Waals surface area (Å²) in [5.74, 6) is -1.56. The molecule has 1 rings (SSSR count). The Morgan fingerprint density at radius 3 is 1.16 bits per heavy atom. The SMILES string of the molecule is CCCCCCCCCCOCCOCCOCCOCCOCCOCCOCCOCCOC(=O)C(=O)c1ccccc1. The molecule has 260 valence electrons. The molecule has 0 aromatic heterocycles. The van der Waals surface area contributed by atoms with Crippen LogP contribution in [0.2, 0.25) is 0 Å². The second-order valence-corrected chi connectivity index (χ2v) is 10.2. The van der Waals surface area contributed by atoms with Gasteiger partial charge in [0.2, 0.25) is 0 Å². The third kappa shape index (κ3) is 28.0. The summed E-state index contributed by atoms with van der Waals surface area (Å²) in [4.78, 5) is 23.6. The predicted octanol–water partition coefficient (Wildman–Crippen LogP) is 4.69. The van der Waals surface area contributed by atoms with Gasteiger partial charge in [0.25, 0.3) is 5.78 Å². The van der Waals surface area contributed by atoms with E-state index < -0.39 is 11.8 Å². The first-order chi connectivity index (χ1) is 22.3. The maximum Gasteiger partial charge on any atom is 0.379 e. The van der Waals surface area contributed by atoms with Gasteiger partial charge in [0.15, 0.2) is 0 Å². The van der Waals surface area contributed by atoms with Gasteiger partial charge in [0.1, 0.15) is 6.61 Å². The van der Waals surface area contributed by atoms with Gasteiger partial charge in [-0.2, -0.15) is 0 Å². The Labute approximate surface area is 270 Å². The normalized spacial score (nSPS) is 11.2. The smallest absolute Gasteiger partial charge is 0.379 e. The van der Waals surface area contributed by atoms with Gasteiger partial charge < -0.3 is 42.6 Å². The fraction of sp³-hybridized carbons (Fsp3) is 0.765. The van der Waals surface area contributed by atoms with Crippen molar-refractivity contribution >= 4 is 11.8 Å². The standard InChI is InChI=1S/C34H58O11/c1-2-3-4-5-6-7-8-12-15-37-16-17-38-18-19-39-20-21-40-22-23-41-24-25-42-26-27-43-28-29-44-30-31-45-34(36)33(35)32-13-10-9-11-14-32/h9-11,13-14H,2-8,12,15-31H2,1H3. The van der Waals surface area contributed by atoms with Gasteiger partial charge in [-0.15, -0.1) is 0 Å².